The van der Waals surface area contributed by atoms with Crippen molar-refractivity contribution in [2.45, 2.75) is 12.1 Å². The fraction of sp³-hybridized carbons (Fsp3) is 0.273. The zero-order valence-corrected chi connectivity index (χ0v) is 10.4. The van der Waals surface area contributed by atoms with Crippen LogP contribution in [-0.4, -0.2) is 17.3 Å². The van der Waals surface area contributed by atoms with Crippen molar-refractivity contribution in [3.63, 3.8) is 0 Å². The zero-order chi connectivity index (χ0) is 14.0. The topological polar surface area (TPSA) is 48.2 Å². The van der Waals surface area contributed by atoms with Crippen LogP contribution < -0.4 is 4.74 Å². The van der Waals surface area contributed by atoms with Crippen molar-refractivity contribution in [1.29, 1.82) is 0 Å². The van der Waals surface area contributed by atoms with Crippen LogP contribution in [0.1, 0.15) is 11.5 Å². The number of nitrogens with zero attached hydrogens (tertiary/aromatic N) is 2. The summed E-state index contributed by atoms with van der Waals surface area (Å²) in [6.45, 7) is 0. The van der Waals surface area contributed by atoms with Gasteiger partial charge in [-0.2, -0.15) is 18.2 Å². The second-order valence-corrected chi connectivity index (χ2v) is 3.82. The number of rotatable bonds is 3. The molecule has 0 aliphatic rings. The first-order valence-electron chi connectivity index (χ1n) is 5.10. The lowest BCUT2D eigenvalue weighted by Crippen LogP contribution is -2.07. The van der Waals surface area contributed by atoms with Gasteiger partial charge in [-0.1, -0.05) is 5.16 Å². The normalized spacial score (nSPS) is 11.6. The lowest BCUT2D eigenvalue weighted by atomic mass is 10.1. The van der Waals surface area contributed by atoms with Gasteiger partial charge in [-0.15, -0.1) is 11.6 Å². The number of hydrogen-bond acceptors (Lipinski definition) is 4. The molecule has 0 N–H and O–H groups in total. The molecule has 0 atom stereocenters. The van der Waals surface area contributed by atoms with Crippen LogP contribution in [0.2, 0.25) is 0 Å². The van der Waals surface area contributed by atoms with Gasteiger partial charge < -0.3 is 9.26 Å². The largest absolute Gasteiger partial charge is 0.497 e. The number of ether oxygens (including phenoxy) is 1. The van der Waals surface area contributed by atoms with E-state index in [1.165, 1.54) is 19.2 Å². The number of methoxy groups -OCH3 is 1. The number of benzene rings is 1. The summed E-state index contributed by atoms with van der Waals surface area (Å²) in [5.41, 5.74) is -1.08. The van der Waals surface area contributed by atoms with Crippen LogP contribution in [0, 0.1) is 0 Å². The molecule has 19 heavy (non-hydrogen) atoms. The molecule has 1 aromatic carbocycles. The third kappa shape index (κ3) is 2.81. The van der Waals surface area contributed by atoms with Gasteiger partial charge in [0.15, 0.2) is 0 Å². The van der Waals surface area contributed by atoms with Crippen LogP contribution in [-0.2, 0) is 12.1 Å². The molecule has 4 nitrogen and oxygen atoms in total. The Morgan fingerprint density at radius 3 is 2.63 bits per heavy atom. The standard InChI is InChI=1S/C11H8ClF3N2O2/c1-18-6-2-3-8(11(13,14)15)7(4-6)10-16-9(5-12)19-17-10/h2-4H,5H2,1H3. The van der Waals surface area contributed by atoms with E-state index >= 15 is 0 Å². The van der Waals surface area contributed by atoms with Crippen LogP contribution in [0.15, 0.2) is 22.7 Å². The van der Waals surface area contributed by atoms with Crippen LogP contribution in [0.4, 0.5) is 13.2 Å². The summed E-state index contributed by atoms with van der Waals surface area (Å²) in [5.74, 6) is 0.0629. The minimum Gasteiger partial charge on any atom is -0.497 e. The Hall–Kier alpha value is -1.76. The summed E-state index contributed by atoms with van der Waals surface area (Å²) >= 11 is 5.47. The molecule has 2 aromatic rings. The number of aromatic nitrogens is 2. The van der Waals surface area contributed by atoms with Gasteiger partial charge in [-0.25, -0.2) is 0 Å². The van der Waals surface area contributed by atoms with Gasteiger partial charge in [-0.3, -0.25) is 0 Å². The fourth-order valence-corrected chi connectivity index (χ4v) is 1.61. The molecule has 0 aliphatic carbocycles. The van der Waals surface area contributed by atoms with Crippen molar-refractivity contribution in [2.75, 3.05) is 7.11 Å². The predicted molar refractivity (Wildman–Crippen MR) is 60.8 cm³/mol. The van der Waals surface area contributed by atoms with E-state index in [0.29, 0.717) is 0 Å². The van der Waals surface area contributed by atoms with Gasteiger partial charge >= 0.3 is 6.18 Å². The summed E-state index contributed by atoms with van der Waals surface area (Å²) in [6, 6.07) is 3.32. The number of hydrogen-bond donors (Lipinski definition) is 0. The molecule has 102 valence electrons. The Morgan fingerprint density at radius 1 is 1.37 bits per heavy atom. The summed E-state index contributed by atoms with van der Waals surface area (Å²) < 4.78 is 48.3. The highest BCUT2D eigenvalue weighted by Gasteiger charge is 2.35. The van der Waals surface area contributed by atoms with E-state index in [1.807, 2.05) is 0 Å². The zero-order valence-electron chi connectivity index (χ0n) is 9.66. The first kappa shape index (κ1) is 13.7. The molecule has 0 fully saturated rings. The maximum atomic E-state index is 12.9. The molecular formula is C11H8ClF3N2O2. The minimum absolute atomic E-state index is 0.0487. The molecule has 0 amide bonds. The Bertz CT molecular complexity index is 584. The molecule has 2 rings (SSSR count). The van der Waals surface area contributed by atoms with Gasteiger partial charge in [0.1, 0.15) is 11.6 Å². The molecule has 1 aromatic heterocycles. The van der Waals surface area contributed by atoms with Crippen molar-refractivity contribution in [2.24, 2.45) is 0 Å². The predicted octanol–water partition coefficient (Wildman–Crippen LogP) is 3.50. The highest BCUT2D eigenvalue weighted by Crippen LogP contribution is 2.37. The average molecular weight is 293 g/mol. The highest BCUT2D eigenvalue weighted by atomic mass is 35.5. The van der Waals surface area contributed by atoms with Crippen LogP contribution >= 0.6 is 11.6 Å². The van der Waals surface area contributed by atoms with Gasteiger partial charge in [0, 0.05) is 5.56 Å². The van der Waals surface area contributed by atoms with Crippen molar-refractivity contribution in [1.82, 2.24) is 10.1 Å². The van der Waals surface area contributed by atoms with E-state index in [0.717, 1.165) is 6.07 Å². The quantitative estimate of drug-likeness (QED) is 0.812. The van der Waals surface area contributed by atoms with Gasteiger partial charge in [0.05, 0.1) is 12.7 Å². The molecule has 0 radical (unpaired) electrons. The Labute approximate surface area is 111 Å². The van der Waals surface area contributed by atoms with Crippen molar-refractivity contribution in [3.05, 3.63) is 29.7 Å². The first-order valence-corrected chi connectivity index (χ1v) is 5.63. The molecular weight excluding hydrogens is 285 g/mol. The minimum atomic E-state index is -4.52. The van der Waals surface area contributed by atoms with Gasteiger partial charge in [0.25, 0.3) is 0 Å². The van der Waals surface area contributed by atoms with Crippen molar-refractivity contribution >= 4 is 11.6 Å². The monoisotopic (exact) mass is 292 g/mol. The molecule has 0 saturated carbocycles. The maximum Gasteiger partial charge on any atom is 0.417 e. The molecule has 0 aliphatic heterocycles. The molecule has 0 spiro atoms. The van der Waals surface area contributed by atoms with Gasteiger partial charge in [-0.05, 0) is 18.2 Å². The van der Waals surface area contributed by atoms with Crippen LogP contribution in [0.25, 0.3) is 11.4 Å². The smallest absolute Gasteiger partial charge is 0.417 e. The van der Waals surface area contributed by atoms with E-state index in [2.05, 4.69) is 10.1 Å². The Balaban J connectivity index is 2.58. The molecule has 0 bridgehead atoms. The van der Waals surface area contributed by atoms with Crippen molar-refractivity contribution in [3.8, 4) is 17.1 Å². The lowest BCUT2D eigenvalue weighted by Gasteiger charge is -2.11. The summed E-state index contributed by atoms with van der Waals surface area (Å²) in [7, 11) is 1.35. The average Bonchev–Trinajstić information content (AvgIpc) is 2.85. The molecule has 1 heterocycles. The van der Waals surface area contributed by atoms with E-state index < -0.39 is 11.7 Å². The summed E-state index contributed by atoms with van der Waals surface area (Å²) in [6.07, 6.45) is -4.52. The van der Waals surface area contributed by atoms with E-state index in [1.54, 1.807) is 0 Å². The third-order valence-electron chi connectivity index (χ3n) is 2.36. The fourth-order valence-electron chi connectivity index (χ4n) is 1.50. The van der Waals surface area contributed by atoms with Crippen LogP contribution in [0.3, 0.4) is 0 Å². The van der Waals surface area contributed by atoms with Crippen molar-refractivity contribution < 1.29 is 22.4 Å². The van der Waals surface area contributed by atoms with E-state index in [9.17, 15) is 13.2 Å². The summed E-state index contributed by atoms with van der Waals surface area (Å²) in [4.78, 5) is 3.78. The first-order chi connectivity index (χ1) is 8.95. The SMILES string of the molecule is COc1ccc(C(F)(F)F)c(-c2noc(CCl)n2)c1. The summed E-state index contributed by atoms with van der Waals surface area (Å²) in [5, 5.41) is 3.48. The van der Waals surface area contributed by atoms with Gasteiger partial charge in [0.2, 0.25) is 11.7 Å². The molecule has 8 heteroatoms. The third-order valence-corrected chi connectivity index (χ3v) is 2.58. The Morgan fingerprint density at radius 2 is 2.11 bits per heavy atom. The maximum absolute atomic E-state index is 12.9. The van der Waals surface area contributed by atoms with Crippen LogP contribution in [0.5, 0.6) is 5.75 Å². The lowest BCUT2D eigenvalue weighted by molar-refractivity contribution is -0.137. The Kier molecular flexibility index (Phi) is 3.66. The van der Waals surface area contributed by atoms with E-state index in [4.69, 9.17) is 20.9 Å². The second-order valence-electron chi connectivity index (χ2n) is 3.55. The highest BCUT2D eigenvalue weighted by molar-refractivity contribution is 6.16. The van der Waals surface area contributed by atoms with E-state index in [-0.39, 0.29) is 28.9 Å². The second kappa shape index (κ2) is 5.08. The number of alkyl halides is 4. The molecule has 0 unspecified atom stereocenters. The number of halogens is 4. The molecule has 0 saturated heterocycles.